The number of piperazine rings is 1. The first-order valence-electron chi connectivity index (χ1n) is 9.52. The molecule has 3 rings (SSSR count). The fourth-order valence-corrected chi connectivity index (χ4v) is 3.53. The lowest BCUT2D eigenvalue weighted by atomic mass is 10.1. The highest BCUT2D eigenvalue weighted by molar-refractivity contribution is 5.68. The second-order valence-corrected chi connectivity index (χ2v) is 7.23. The average molecular weight is 362 g/mol. The van der Waals surface area contributed by atoms with Crippen LogP contribution < -0.4 is 9.64 Å². The first-order valence-corrected chi connectivity index (χ1v) is 9.52. The summed E-state index contributed by atoms with van der Waals surface area (Å²) in [5, 5.41) is 0. The molecule has 1 aromatic heterocycles. The van der Waals surface area contributed by atoms with E-state index in [4.69, 9.17) is 9.47 Å². The molecule has 2 aliphatic rings. The van der Waals surface area contributed by atoms with Crippen molar-refractivity contribution in [1.29, 1.82) is 0 Å². The molecular weight excluding hydrogens is 332 g/mol. The molecule has 0 saturated carbocycles. The Balaban J connectivity index is 1.44. The number of amides is 1. The fraction of sp³-hybridized carbons (Fsp3) is 0.684. The van der Waals surface area contributed by atoms with Crippen molar-refractivity contribution < 1.29 is 14.3 Å². The highest BCUT2D eigenvalue weighted by Crippen LogP contribution is 2.22. The minimum absolute atomic E-state index is 0.00696. The van der Waals surface area contributed by atoms with Gasteiger partial charge in [-0.2, -0.15) is 4.98 Å². The van der Waals surface area contributed by atoms with Crippen LogP contribution in [0, 0.1) is 0 Å². The highest BCUT2D eigenvalue weighted by Gasteiger charge is 2.28. The minimum atomic E-state index is -0.161. The molecule has 1 aromatic rings. The van der Waals surface area contributed by atoms with E-state index in [2.05, 4.69) is 28.6 Å². The molecule has 0 atom stereocenters. The van der Waals surface area contributed by atoms with Gasteiger partial charge in [-0.05, 0) is 19.9 Å². The van der Waals surface area contributed by atoms with Gasteiger partial charge in [-0.3, -0.25) is 4.90 Å². The Bertz CT molecular complexity index is 594. The van der Waals surface area contributed by atoms with Crippen LogP contribution in [0.15, 0.2) is 18.2 Å². The number of aromatic nitrogens is 1. The van der Waals surface area contributed by atoms with Gasteiger partial charge in [-0.15, -0.1) is 0 Å². The molecule has 0 N–H and O–H groups in total. The Morgan fingerprint density at radius 1 is 1.12 bits per heavy atom. The van der Waals surface area contributed by atoms with Crippen LogP contribution >= 0.6 is 0 Å². The first-order chi connectivity index (χ1) is 12.6. The zero-order chi connectivity index (χ0) is 18.5. The molecule has 0 unspecified atom stereocenters. The van der Waals surface area contributed by atoms with Gasteiger partial charge in [0.2, 0.25) is 5.88 Å². The van der Waals surface area contributed by atoms with Gasteiger partial charge in [0.25, 0.3) is 0 Å². The normalized spacial score (nSPS) is 19.7. The minimum Gasteiger partial charge on any atom is -0.481 e. The second kappa shape index (κ2) is 8.58. The quantitative estimate of drug-likeness (QED) is 0.819. The van der Waals surface area contributed by atoms with Crippen molar-refractivity contribution in [3.05, 3.63) is 18.2 Å². The zero-order valence-corrected chi connectivity index (χ0v) is 16.1. The van der Waals surface area contributed by atoms with Crippen LogP contribution in [0.3, 0.4) is 0 Å². The number of anilines is 1. The van der Waals surface area contributed by atoms with Crippen molar-refractivity contribution in [3.63, 3.8) is 0 Å². The number of carbonyl (C=O) groups is 1. The summed E-state index contributed by atoms with van der Waals surface area (Å²) in [6.45, 7) is 9.41. The summed E-state index contributed by atoms with van der Waals surface area (Å²) in [4.78, 5) is 23.4. The van der Waals surface area contributed by atoms with Gasteiger partial charge in [0, 0.05) is 64.2 Å². The topological polar surface area (TPSA) is 58.1 Å². The van der Waals surface area contributed by atoms with E-state index in [0.29, 0.717) is 11.9 Å². The summed E-state index contributed by atoms with van der Waals surface area (Å²) < 4.78 is 10.9. The predicted octanol–water partition coefficient (Wildman–Crippen LogP) is 2.22. The maximum atomic E-state index is 12.4. The monoisotopic (exact) mass is 362 g/mol. The summed E-state index contributed by atoms with van der Waals surface area (Å²) in [6.07, 6.45) is 1.49. The van der Waals surface area contributed by atoms with Crippen LogP contribution in [0.25, 0.3) is 0 Å². The summed E-state index contributed by atoms with van der Waals surface area (Å²) in [7, 11) is 1.62. The molecule has 0 radical (unpaired) electrons. The molecule has 2 aliphatic heterocycles. The predicted molar refractivity (Wildman–Crippen MR) is 101 cm³/mol. The second-order valence-electron chi connectivity index (χ2n) is 7.23. The van der Waals surface area contributed by atoms with Crippen molar-refractivity contribution in [2.45, 2.75) is 38.8 Å². The number of hydrogen-bond donors (Lipinski definition) is 0. The lowest BCUT2D eigenvalue weighted by Crippen LogP contribution is -2.51. The van der Waals surface area contributed by atoms with Gasteiger partial charge in [-0.25, -0.2) is 4.79 Å². The van der Waals surface area contributed by atoms with E-state index in [1.165, 1.54) is 0 Å². The van der Waals surface area contributed by atoms with Gasteiger partial charge >= 0.3 is 6.09 Å². The Morgan fingerprint density at radius 3 is 2.42 bits per heavy atom. The highest BCUT2D eigenvalue weighted by atomic mass is 16.6. The van der Waals surface area contributed by atoms with E-state index < -0.39 is 0 Å². The van der Waals surface area contributed by atoms with Crippen LogP contribution in [-0.4, -0.2) is 79.4 Å². The standard InChI is InChI=1S/C19H30N4O3/c1-15(2)21-11-13-23(14-12-21)19(24)26-16-7-9-22(10-8-16)17-5-4-6-18(20-17)25-3/h4-6,15-16H,7-14H2,1-3H3. The Labute approximate surface area is 155 Å². The van der Waals surface area contributed by atoms with Gasteiger partial charge in [0.1, 0.15) is 11.9 Å². The number of rotatable bonds is 4. The van der Waals surface area contributed by atoms with Crippen molar-refractivity contribution in [1.82, 2.24) is 14.8 Å². The number of pyridine rings is 1. The Kier molecular flexibility index (Phi) is 6.19. The summed E-state index contributed by atoms with van der Waals surface area (Å²) >= 11 is 0. The van der Waals surface area contributed by atoms with Gasteiger partial charge < -0.3 is 19.3 Å². The van der Waals surface area contributed by atoms with Crippen LogP contribution in [0.4, 0.5) is 10.6 Å². The molecule has 7 heteroatoms. The van der Waals surface area contributed by atoms with Crippen LogP contribution in [0.5, 0.6) is 5.88 Å². The number of hydrogen-bond acceptors (Lipinski definition) is 6. The molecular formula is C19H30N4O3. The lowest BCUT2D eigenvalue weighted by molar-refractivity contribution is 0.0337. The van der Waals surface area contributed by atoms with Crippen molar-refractivity contribution >= 4 is 11.9 Å². The SMILES string of the molecule is COc1cccc(N2CCC(OC(=O)N3CCN(C(C)C)CC3)CC2)n1. The third kappa shape index (κ3) is 4.58. The smallest absolute Gasteiger partial charge is 0.410 e. The summed E-state index contributed by atoms with van der Waals surface area (Å²) in [5.74, 6) is 1.54. The Hall–Kier alpha value is -2.02. The molecule has 1 amide bonds. The van der Waals surface area contributed by atoms with Gasteiger partial charge in [0.15, 0.2) is 0 Å². The molecule has 7 nitrogen and oxygen atoms in total. The van der Waals surface area contributed by atoms with E-state index >= 15 is 0 Å². The number of carbonyl (C=O) groups excluding carboxylic acids is 1. The first kappa shape index (κ1) is 18.8. The third-order valence-corrected chi connectivity index (χ3v) is 5.25. The van der Waals surface area contributed by atoms with E-state index in [-0.39, 0.29) is 12.2 Å². The number of ether oxygens (including phenoxy) is 2. The van der Waals surface area contributed by atoms with E-state index in [0.717, 1.165) is 57.9 Å². The maximum absolute atomic E-state index is 12.4. The summed E-state index contributed by atoms with van der Waals surface area (Å²) in [5.41, 5.74) is 0. The molecule has 26 heavy (non-hydrogen) atoms. The molecule has 0 spiro atoms. The van der Waals surface area contributed by atoms with Crippen LogP contribution in [0.1, 0.15) is 26.7 Å². The third-order valence-electron chi connectivity index (χ3n) is 5.25. The molecule has 144 valence electrons. The molecule has 2 saturated heterocycles. The van der Waals surface area contributed by atoms with Crippen LogP contribution in [-0.2, 0) is 4.74 Å². The number of piperidine rings is 1. The van der Waals surface area contributed by atoms with Crippen molar-refractivity contribution in [2.24, 2.45) is 0 Å². The van der Waals surface area contributed by atoms with Crippen molar-refractivity contribution in [3.8, 4) is 5.88 Å². The van der Waals surface area contributed by atoms with Gasteiger partial charge in [0.05, 0.1) is 7.11 Å². The molecule has 0 aliphatic carbocycles. The average Bonchev–Trinajstić information content (AvgIpc) is 2.68. The molecule has 2 fully saturated rings. The fourth-order valence-electron chi connectivity index (χ4n) is 3.53. The number of methoxy groups -OCH3 is 1. The molecule has 3 heterocycles. The largest absolute Gasteiger partial charge is 0.481 e. The van der Waals surface area contributed by atoms with Crippen LogP contribution in [0.2, 0.25) is 0 Å². The number of nitrogens with zero attached hydrogens (tertiary/aromatic N) is 4. The molecule has 0 aromatic carbocycles. The van der Waals surface area contributed by atoms with E-state index in [9.17, 15) is 4.79 Å². The zero-order valence-electron chi connectivity index (χ0n) is 16.1. The van der Waals surface area contributed by atoms with Crippen molar-refractivity contribution in [2.75, 3.05) is 51.3 Å². The maximum Gasteiger partial charge on any atom is 0.410 e. The van der Waals surface area contributed by atoms with E-state index in [1.807, 2.05) is 23.1 Å². The van der Waals surface area contributed by atoms with Gasteiger partial charge in [-0.1, -0.05) is 6.07 Å². The summed E-state index contributed by atoms with van der Waals surface area (Å²) in [6, 6.07) is 6.31. The van der Waals surface area contributed by atoms with E-state index in [1.54, 1.807) is 7.11 Å². The lowest BCUT2D eigenvalue weighted by Gasteiger charge is -2.38. The molecule has 0 bridgehead atoms. The Morgan fingerprint density at radius 2 is 1.81 bits per heavy atom.